The predicted octanol–water partition coefficient (Wildman–Crippen LogP) is 1.94. The minimum atomic E-state index is 0.374. The fourth-order valence-corrected chi connectivity index (χ4v) is 3.07. The quantitative estimate of drug-likeness (QED) is 0.929. The highest BCUT2D eigenvalue weighted by molar-refractivity contribution is 7.15. The maximum absolute atomic E-state index is 5.10. The van der Waals surface area contributed by atoms with Gasteiger partial charge in [0.2, 0.25) is 5.88 Å². The van der Waals surface area contributed by atoms with Crippen LogP contribution in [0.5, 0.6) is 5.88 Å². The van der Waals surface area contributed by atoms with E-state index in [0.717, 1.165) is 30.5 Å². The number of hydrogen-bond acceptors (Lipinski definition) is 7. The Morgan fingerprint density at radius 3 is 3.05 bits per heavy atom. The van der Waals surface area contributed by atoms with Crippen LogP contribution in [0.25, 0.3) is 0 Å². The van der Waals surface area contributed by atoms with E-state index in [2.05, 4.69) is 32.1 Å². The maximum Gasteiger partial charge on any atom is 0.218 e. The normalized spacial score (nSPS) is 18.3. The lowest BCUT2D eigenvalue weighted by molar-refractivity contribution is 0.397. The van der Waals surface area contributed by atoms with Crippen LogP contribution < -0.4 is 15.0 Å². The van der Waals surface area contributed by atoms with Crippen LogP contribution in [0.3, 0.4) is 0 Å². The second kappa shape index (κ2) is 5.62. The number of ether oxygens (including phenoxy) is 1. The number of aryl methyl sites for hydroxylation is 1. The first-order chi connectivity index (χ1) is 9.74. The summed E-state index contributed by atoms with van der Waals surface area (Å²) in [5, 5.41) is 4.53. The molecular weight excluding hydrogens is 274 g/mol. The van der Waals surface area contributed by atoms with Crippen molar-refractivity contribution >= 4 is 22.3 Å². The molecule has 6 nitrogen and oxygen atoms in total. The highest BCUT2D eigenvalue weighted by atomic mass is 32.1. The number of thiazole rings is 1. The van der Waals surface area contributed by atoms with Crippen molar-refractivity contribution in [2.75, 3.05) is 30.4 Å². The SMILES string of the molecule is COc1cc(NC2CCN(c3ncc(C)s3)C2)ncn1. The molecule has 1 fully saturated rings. The minimum Gasteiger partial charge on any atom is -0.481 e. The van der Waals surface area contributed by atoms with Crippen LogP contribution in [0.4, 0.5) is 10.9 Å². The second-order valence-corrected chi connectivity index (χ2v) is 5.99. The molecule has 0 amide bonds. The van der Waals surface area contributed by atoms with Gasteiger partial charge in [0, 0.05) is 36.3 Å². The zero-order valence-corrected chi connectivity index (χ0v) is 12.4. The van der Waals surface area contributed by atoms with Gasteiger partial charge in [0.15, 0.2) is 5.13 Å². The molecule has 1 unspecified atom stereocenters. The largest absolute Gasteiger partial charge is 0.481 e. The number of nitrogens with one attached hydrogen (secondary N) is 1. The van der Waals surface area contributed by atoms with Crippen molar-refractivity contribution in [3.05, 3.63) is 23.5 Å². The summed E-state index contributed by atoms with van der Waals surface area (Å²) in [5.74, 6) is 1.38. The first kappa shape index (κ1) is 13.1. The van der Waals surface area contributed by atoms with Crippen LogP contribution in [0.15, 0.2) is 18.6 Å². The van der Waals surface area contributed by atoms with Gasteiger partial charge in [-0.25, -0.2) is 15.0 Å². The number of nitrogens with zero attached hydrogens (tertiary/aromatic N) is 4. The third kappa shape index (κ3) is 2.82. The molecule has 0 aliphatic carbocycles. The number of methoxy groups -OCH3 is 1. The third-order valence-corrected chi connectivity index (χ3v) is 4.24. The molecule has 1 aliphatic heterocycles. The summed E-state index contributed by atoms with van der Waals surface area (Å²) >= 11 is 1.74. The summed E-state index contributed by atoms with van der Waals surface area (Å²) in [4.78, 5) is 16.2. The molecule has 3 heterocycles. The zero-order chi connectivity index (χ0) is 13.9. The van der Waals surface area contributed by atoms with Gasteiger partial charge in [0.1, 0.15) is 12.1 Å². The molecule has 0 spiro atoms. The minimum absolute atomic E-state index is 0.374. The van der Waals surface area contributed by atoms with Crippen molar-refractivity contribution in [3.8, 4) is 5.88 Å². The van der Waals surface area contributed by atoms with Gasteiger partial charge in [-0.3, -0.25) is 0 Å². The van der Waals surface area contributed by atoms with Crippen LogP contribution in [0, 0.1) is 6.92 Å². The Labute approximate surface area is 121 Å². The van der Waals surface area contributed by atoms with E-state index in [1.54, 1.807) is 18.4 Å². The van der Waals surface area contributed by atoms with Crippen molar-refractivity contribution in [1.82, 2.24) is 15.0 Å². The van der Waals surface area contributed by atoms with Crippen LogP contribution in [0.2, 0.25) is 0 Å². The standard InChI is InChI=1S/C13H17N5OS/c1-9-6-14-13(20-9)18-4-3-10(7-18)17-11-5-12(19-2)16-8-15-11/h5-6,8,10H,3-4,7H2,1-2H3,(H,15,16,17). The maximum atomic E-state index is 5.10. The summed E-state index contributed by atoms with van der Waals surface area (Å²) in [6.45, 7) is 4.05. The lowest BCUT2D eigenvalue weighted by Gasteiger charge is -2.16. The first-order valence-electron chi connectivity index (χ1n) is 6.54. The topological polar surface area (TPSA) is 63.2 Å². The molecule has 106 valence electrons. The molecule has 0 saturated carbocycles. The lowest BCUT2D eigenvalue weighted by atomic mass is 10.2. The van der Waals surface area contributed by atoms with E-state index in [4.69, 9.17) is 4.74 Å². The molecule has 0 bridgehead atoms. The van der Waals surface area contributed by atoms with Gasteiger partial charge in [-0.1, -0.05) is 0 Å². The summed E-state index contributed by atoms with van der Waals surface area (Å²) < 4.78 is 5.10. The van der Waals surface area contributed by atoms with Gasteiger partial charge in [0.05, 0.1) is 7.11 Å². The summed E-state index contributed by atoms with van der Waals surface area (Å²) in [7, 11) is 1.61. The van der Waals surface area contributed by atoms with Crippen molar-refractivity contribution in [1.29, 1.82) is 0 Å². The van der Waals surface area contributed by atoms with E-state index in [1.807, 2.05) is 12.3 Å². The Hall–Kier alpha value is -1.89. The number of aromatic nitrogens is 3. The van der Waals surface area contributed by atoms with E-state index in [-0.39, 0.29) is 0 Å². The summed E-state index contributed by atoms with van der Waals surface area (Å²) in [6.07, 6.45) is 4.51. The molecule has 20 heavy (non-hydrogen) atoms. The van der Waals surface area contributed by atoms with Crippen molar-refractivity contribution in [2.24, 2.45) is 0 Å². The van der Waals surface area contributed by atoms with Crippen LogP contribution in [0.1, 0.15) is 11.3 Å². The predicted molar refractivity (Wildman–Crippen MR) is 79.7 cm³/mol. The van der Waals surface area contributed by atoms with E-state index in [0.29, 0.717) is 11.9 Å². The van der Waals surface area contributed by atoms with Crippen LogP contribution in [-0.2, 0) is 0 Å². The molecule has 1 saturated heterocycles. The fourth-order valence-electron chi connectivity index (χ4n) is 2.28. The van der Waals surface area contributed by atoms with Crippen LogP contribution in [-0.4, -0.2) is 41.2 Å². The average Bonchev–Trinajstić information content (AvgIpc) is 3.08. The number of rotatable bonds is 4. The molecule has 1 atom stereocenters. The van der Waals surface area contributed by atoms with Crippen molar-refractivity contribution < 1.29 is 4.74 Å². The summed E-state index contributed by atoms with van der Waals surface area (Å²) in [5.41, 5.74) is 0. The zero-order valence-electron chi connectivity index (χ0n) is 11.5. The van der Waals surface area contributed by atoms with E-state index in [9.17, 15) is 0 Å². The van der Waals surface area contributed by atoms with Gasteiger partial charge < -0.3 is 15.0 Å². The van der Waals surface area contributed by atoms with Crippen LogP contribution >= 0.6 is 11.3 Å². The molecule has 3 rings (SSSR count). The molecule has 2 aromatic rings. The lowest BCUT2D eigenvalue weighted by Crippen LogP contribution is -2.26. The van der Waals surface area contributed by atoms with Gasteiger partial charge in [-0.2, -0.15) is 0 Å². The molecule has 0 aromatic carbocycles. The second-order valence-electron chi connectivity index (χ2n) is 4.78. The molecular formula is C13H17N5OS. The fraction of sp³-hybridized carbons (Fsp3) is 0.462. The van der Waals surface area contributed by atoms with Gasteiger partial charge in [-0.15, -0.1) is 11.3 Å². The van der Waals surface area contributed by atoms with Crippen molar-refractivity contribution in [3.63, 3.8) is 0 Å². The highest BCUT2D eigenvalue weighted by Crippen LogP contribution is 2.26. The summed E-state index contributed by atoms with van der Waals surface area (Å²) in [6, 6.07) is 2.19. The molecule has 7 heteroatoms. The third-order valence-electron chi connectivity index (χ3n) is 3.27. The van der Waals surface area contributed by atoms with Gasteiger partial charge in [-0.05, 0) is 13.3 Å². The molecule has 1 N–H and O–H groups in total. The monoisotopic (exact) mass is 291 g/mol. The number of anilines is 2. The van der Waals surface area contributed by atoms with E-state index >= 15 is 0 Å². The Balaban J connectivity index is 1.62. The van der Waals surface area contributed by atoms with Gasteiger partial charge >= 0.3 is 0 Å². The number of hydrogen-bond donors (Lipinski definition) is 1. The highest BCUT2D eigenvalue weighted by Gasteiger charge is 2.24. The first-order valence-corrected chi connectivity index (χ1v) is 7.36. The Morgan fingerprint density at radius 2 is 2.30 bits per heavy atom. The Bertz CT molecular complexity index is 588. The molecule has 1 aliphatic rings. The molecule has 0 radical (unpaired) electrons. The average molecular weight is 291 g/mol. The smallest absolute Gasteiger partial charge is 0.218 e. The van der Waals surface area contributed by atoms with E-state index < -0.39 is 0 Å². The Kier molecular flexibility index (Phi) is 3.68. The Morgan fingerprint density at radius 1 is 1.40 bits per heavy atom. The van der Waals surface area contributed by atoms with E-state index in [1.165, 1.54) is 11.2 Å². The van der Waals surface area contributed by atoms with Gasteiger partial charge in [0.25, 0.3) is 0 Å². The molecule has 2 aromatic heterocycles. The van der Waals surface area contributed by atoms with Crippen molar-refractivity contribution in [2.45, 2.75) is 19.4 Å².